The third-order valence-electron chi connectivity index (χ3n) is 3.37. The molecule has 0 radical (unpaired) electrons. The number of benzene rings is 2. The number of hydrazone groups is 1. The normalized spacial score (nSPS) is 10.7. The molecule has 0 aliphatic heterocycles. The molecule has 8 nitrogen and oxygen atoms in total. The van der Waals surface area contributed by atoms with Crippen molar-refractivity contribution in [3.8, 4) is 11.5 Å². The predicted octanol–water partition coefficient (Wildman–Crippen LogP) is 3.05. The smallest absolute Gasteiger partial charge is 0.310 e. The Morgan fingerprint density at radius 2 is 2.00 bits per heavy atom. The van der Waals surface area contributed by atoms with Crippen LogP contribution in [-0.4, -0.2) is 28.8 Å². The van der Waals surface area contributed by atoms with Crippen molar-refractivity contribution in [3.05, 3.63) is 60.7 Å². The van der Waals surface area contributed by atoms with Crippen LogP contribution in [0.25, 0.3) is 0 Å². The summed E-state index contributed by atoms with van der Waals surface area (Å²) >= 11 is 2.21. The van der Waals surface area contributed by atoms with Crippen LogP contribution in [0.4, 0.5) is 5.69 Å². The molecule has 9 heteroatoms. The average Bonchev–Trinajstić information content (AvgIpc) is 2.53. The molecule has 0 aromatic heterocycles. The van der Waals surface area contributed by atoms with E-state index < -0.39 is 22.3 Å². The van der Waals surface area contributed by atoms with Gasteiger partial charge in [-0.3, -0.25) is 14.9 Å². The minimum atomic E-state index is -0.691. The number of carbonyl (C=O) groups is 1. The van der Waals surface area contributed by atoms with Gasteiger partial charge in [-0.25, -0.2) is 5.43 Å². The summed E-state index contributed by atoms with van der Waals surface area (Å²) in [6, 6.07) is 7.66. The van der Waals surface area contributed by atoms with Crippen LogP contribution in [0.1, 0.15) is 16.7 Å². The average molecular weight is 469 g/mol. The predicted molar refractivity (Wildman–Crippen MR) is 105 cm³/mol. The first-order valence-electron chi connectivity index (χ1n) is 7.47. The molecule has 0 heterocycles. The minimum absolute atomic E-state index is 0.203. The first-order chi connectivity index (χ1) is 12.3. The molecule has 0 spiro atoms. The van der Waals surface area contributed by atoms with Crippen molar-refractivity contribution in [2.24, 2.45) is 5.10 Å². The van der Waals surface area contributed by atoms with Gasteiger partial charge < -0.3 is 9.84 Å². The molecule has 2 rings (SSSR count). The van der Waals surface area contributed by atoms with Crippen LogP contribution in [0.15, 0.2) is 35.4 Å². The molecule has 2 aromatic carbocycles. The lowest BCUT2D eigenvalue weighted by Gasteiger charge is -2.11. The Morgan fingerprint density at radius 1 is 1.35 bits per heavy atom. The number of nitrogens with zero attached hydrogens (tertiary/aromatic N) is 2. The van der Waals surface area contributed by atoms with Gasteiger partial charge in [0.05, 0.1) is 11.1 Å². The molecule has 136 valence electrons. The summed E-state index contributed by atoms with van der Waals surface area (Å²) in [6.07, 6.45) is 1.27. The molecule has 2 aromatic rings. The Labute approximate surface area is 163 Å². The van der Waals surface area contributed by atoms with Crippen LogP contribution in [0, 0.1) is 27.5 Å². The summed E-state index contributed by atoms with van der Waals surface area (Å²) in [6.45, 7) is 3.61. The zero-order chi connectivity index (χ0) is 19.3. The molecule has 2 N–H and O–H groups in total. The maximum atomic E-state index is 11.8. The molecule has 0 atom stereocenters. The van der Waals surface area contributed by atoms with Gasteiger partial charge in [0.25, 0.3) is 5.91 Å². The van der Waals surface area contributed by atoms with Gasteiger partial charge in [-0.05, 0) is 77.4 Å². The summed E-state index contributed by atoms with van der Waals surface area (Å²) in [4.78, 5) is 21.8. The fraction of sp³-hybridized carbons (Fsp3) is 0.176. The molecular formula is C17H16IN3O5. The van der Waals surface area contributed by atoms with Crippen LogP contribution < -0.4 is 10.2 Å². The number of halogens is 1. The number of nitro benzene ring substituents is 1. The Bertz CT molecular complexity index is 860. The highest BCUT2D eigenvalue weighted by atomic mass is 127. The van der Waals surface area contributed by atoms with Crippen molar-refractivity contribution in [1.29, 1.82) is 0 Å². The molecule has 1 amide bonds. The number of rotatable bonds is 6. The molecule has 0 aliphatic rings. The van der Waals surface area contributed by atoms with Crippen molar-refractivity contribution in [2.75, 3.05) is 6.61 Å². The van der Waals surface area contributed by atoms with Gasteiger partial charge in [0.2, 0.25) is 0 Å². The zero-order valence-electron chi connectivity index (χ0n) is 14.0. The quantitative estimate of drug-likeness (QED) is 0.292. The molecule has 26 heavy (non-hydrogen) atoms. The number of hydrogen-bond donors (Lipinski definition) is 2. The summed E-state index contributed by atoms with van der Waals surface area (Å²) in [5.41, 5.74) is 4.17. The summed E-state index contributed by atoms with van der Waals surface area (Å²) < 4.78 is 6.63. The van der Waals surface area contributed by atoms with E-state index >= 15 is 0 Å². The Hall–Kier alpha value is -2.69. The number of carbonyl (C=O) groups excluding carboxylic acids is 1. The number of aryl methyl sites for hydroxylation is 2. The van der Waals surface area contributed by atoms with Gasteiger partial charge in [-0.1, -0.05) is 0 Å². The SMILES string of the molecule is Cc1cc(I)cc(C)c1OCC(=O)N/N=C/c1ccc([N+](=O)[O-])c(O)c1. The topological polar surface area (TPSA) is 114 Å². The lowest BCUT2D eigenvalue weighted by Crippen LogP contribution is -2.25. The van der Waals surface area contributed by atoms with E-state index in [4.69, 9.17) is 4.74 Å². The van der Waals surface area contributed by atoms with Gasteiger partial charge in [0, 0.05) is 9.64 Å². The van der Waals surface area contributed by atoms with E-state index in [1.807, 2.05) is 26.0 Å². The Kier molecular flexibility index (Phi) is 6.50. The molecule has 0 unspecified atom stereocenters. The van der Waals surface area contributed by atoms with Crippen molar-refractivity contribution in [3.63, 3.8) is 0 Å². The third kappa shape index (κ3) is 5.15. The molecule has 0 saturated carbocycles. The highest BCUT2D eigenvalue weighted by molar-refractivity contribution is 14.1. The van der Waals surface area contributed by atoms with Crippen molar-refractivity contribution in [2.45, 2.75) is 13.8 Å². The van der Waals surface area contributed by atoms with E-state index in [2.05, 4.69) is 33.1 Å². The standard InChI is InChI=1S/C17H16IN3O5/c1-10-5-13(18)6-11(2)17(10)26-9-16(23)20-19-8-12-3-4-14(21(24)25)15(22)7-12/h3-8,22H,9H2,1-2H3,(H,20,23)/b19-8+. The lowest BCUT2D eigenvalue weighted by molar-refractivity contribution is -0.385. The third-order valence-corrected chi connectivity index (χ3v) is 3.99. The Morgan fingerprint density at radius 3 is 2.58 bits per heavy atom. The second-order valence-electron chi connectivity index (χ2n) is 5.46. The van der Waals surface area contributed by atoms with Crippen molar-refractivity contribution < 1.29 is 19.6 Å². The number of hydrogen-bond acceptors (Lipinski definition) is 6. The van der Waals surface area contributed by atoms with Crippen LogP contribution in [0.2, 0.25) is 0 Å². The number of phenolic OH excluding ortho intramolecular Hbond substituents is 1. The number of phenols is 1. The summed E-state index contributed by atoms with van der Waals surface area (Å²) in [5.74, 6) is -0.271. The van der Waals surface area contributed by atoms with Gasteiger partial charge in [-0.2, -0.15) is 5.10 Å². The molecular weight excluding hydrogens is 453 g/mol. The monoisotopic (exact) mass is 469 g/mol. The minimum Gasteiger partial charge on any atom is -0.502 e. The van der Waals surface area contributed by atoms with Gasteiger partial charge >= 0.3 is 5.69 Å². The van der Waals surface area contributed by atoms with E-state index in [-0.39, 0.29) is 6.61 Å². The van der Waals surface area contributed by atoms with Crippen LogP contribution in [-0.2, 0) is 4.79 Å². The number of nitrogens with one attached hydrogen (secondary N) is 1. The Balaban J connectivity index is 1.92. The van der Waals surface area contributed by atoms with Gasteiger partial charge in [0.1, 0.15) is 5.75 Å². The highest BCUT2D eigenvalue weighted by Gasteiger charge is 2.12. The summed E-state index contributed by atoms with van der Waals surface area (Å²) in [5, 5.41) is 23.9. The largest absolute Gasteiger partial charge is 0.502 e. The maximum Gasteiger partial charge on any atom is 0.310 e. The molecule has 0 aliphatic carbocycles. The van der Waals surface area contributed by atoms with E-state index in [1.54, 1.807) is 0 Å². The van der Waals surface area contributed by atoms with E-state index in [9.17, 15) is 20.0 Å². The second-order valence-corrected chi connectivity index (χ2v) is 6.70. The number of nitro groups is 1. The number of aromatic hydroxyl groups is 1. The van der Waals surface area contributed by atoms with E-state index in [0.717, 1.165) is 20.8 Å². The highest BCUT2D eigenvalue weighted by Crippen LogP contribution is 2.26. The number of ether oxygens (including phenoxy) is 1. The van der Waals surface area contributed by atoms with Crippen LogP contribution in [0.5, 0.6) is 11.5 Å². The summed E-state index contributed by atoms with van der Waals surface area (Å²) in [7, 11) is 0. The molecule has 0 bridgehead atoms. The number of amides is 1. The fourth-order valence-corrected chi connectivity index (χ4v) is 3.18. The van der Waals surface area contributed by atoms with Crippen molar-refractivity contribution in [1.82, 2.24) is 5.43 Å². The first kappa shape index (κ1) is 19.6. The van der Waals surface area contributed by atoms with Crippen LogP contribution in [0.3, 0.4) is 0 Å². The second kappa shape index (κ2) is 8.61. The maximum absolute atomic E-state index is 11.8. The van der Waals surface area contributed by atoms with Gasteiger partial charge in [0.15, 0.2) is 12.4 Å². The van der Waals surface area contributed by atoms with Crippen LogP contribution >= 0.6 is 22.6 Å². The zero-order valence-corrected chi connectivity index (χ0v) is 16.2. The first-order valence-corrected chi connectivity index (χ1v) is 8.54. The van der Waals surface area contributed by atoms with E-state index in [0.29, 0.717) is 11.3 Å². The fourth-order valence-electron chi connectivity index (χ4n) is 2.25. The van der Waals surface area contributed by atoms with Gasteiger partial charge in [-0.15, -0.1) is 0 Å². The van der Waals surface area contributed by atoms with E-state index in [1.165, 1.54) is 18.3 Å². The molecule has 0 saturated heterocycles. The van der Waals surface area contributed by atoms with Crippen molar-refractivity contribution >= 4 is 40.4 Å². The molecule has 0 fully saturated rings. The lowest BCUT2D eigenvalue weighted by atomic mass is 10.1.